The van der Waals surface area contributed by atoms with Gasteiger partial charge in [0.1, 0.15) is 0 Å². The lowest BCUT2D eigenvalue weighted by Gasteiger charge is -2.20. The SMILES string of the molecule is c1ccc2nc3c(cc2c1)CCc1cc2c(cc1-3)OCO2. The predicted molar refractivity (Wildman–Crippen MR) is 80.7 cm³/mol. The fourth-order valence-corrected chi connectivity index (χ4v) is 3.26. The topological polar surface area (TPSA) is 31.4 Å². The number of aromatic nitrogens is 1. The summed E-state index contributed by atoms with van der Waals surface area (Å²) in [4.78, 5) is 4.89. The Bertz CT molecular complexity index is 886. The Hall–Kier alpha value is -2.55. The first-order chi connectivity index (χ1) is 10.4. The van der Waals surface area contributed by atoms with Crippen molar-refractivity contribution < 1.29 is 9.47 Å². The molecular weight excluding hydrogens is 262 g/mol. The summed E-state index contributed by atoms with van der Waals surface area (Å²) < 4.78 is 11.0. The lowest BCUT2D eigenvalue weighted by atomic mass is 9.88. The van der Waals surface area contributed by atoms with Gasteiger partial charge >= 0.3 is 0 Å². The van der Waals surface area contributed by atoms with Gasteiger partial charge in [-0.15, -0.1) is 0 Å². The third kappa shape index (κ3) is 1.57. The van der Waals surface area contributed by atoms with Gasteiger partial charge in [0.25, 0.3) is 0 Å². The monoisotopic (exact) mass is 275 g/mol. The van der Waals surface area contributed by atoms with Crippen molar-refractivity contribution in [1.29, 1.82) is 0 Å². The van der Waals surface area contributed by atoms with Gasteiger partial charge in [-0.05, 0) is 48.2 Å². The van der Waals surface area contributed by atoms with E-state index in [1.54, 1.807) is 0 Å². The molecule has 0 saturated carbocycles. The molecule has 2 aromatic carbocycles. The highest BCUT2D eigenvalue weighted by atomic mass is 16.7. The van der Waals surface area contributed by atoms with Crippen LogP contribution in [-0.4, -0.2) is 11.8 Å². The molecule has 0 radical (unpaired) electrons. The van der Waals surface area contributed by atoms with Crippen LogP contribution in [0.1, 0.15) is 11.1 Å². The quantitative estimate of drug-likeness (QED) is 0.626. The van der Waals surface area contributed by atoms with Gasteiger partial charge in [0, 0.05) is 10.9 Å². The molecule has 0 N–H and O–H groups in total. The molecule has 3 nitrogen and oxygen atoms in total. The van der Waals surface area contributed by atoms with Crippen LogP contribution in [0.3, 0.4) is 0 Å². The molecule has 0 spiro atoms. The molecule has 0 bridgehead atoms. The maximum Gasteiger partial charge on any atom is 0.231 e. The van der Waals surface area contributed by atoms with Crippen LogP contribution in [0, 0.1) is 0 Å². The van der Waals surface area contributed by atoms with E-state index in [4.69, 9.17) is 14.5 Å². The summed E-state index contributed by atoms with van der Waals surface area (Å²) in [5.41, 5.74) is 5.94. The minimum absolute atomic E-state index is 0.316. The highest BCUT2D eigenvalue weighted by Gasteiger charge is 2.23. The number of fused-ring (bicyclic) bond motifs is 5. The summed E-state index contributed by atoms with van der Waals surface area (Å²) in [5.74, 6) is 1.69. The van der Waals surface area contributed by atoms with Crippen molar-refractivity contribution in [3.05, 3.63) is 53.6 Å². The molecule has 21 heavy (non-hydrogen) atoms. The number of hydrogen-bond acceptors (Lipinski definition) is 3. The van der Waals surface area contributed by atoms with Crippen LogP contribution >= 0.6 is 0 Å². The fourth-order valence-electron chi connectivity index (χ4n) is 3.26. The third-order valence-corrected chi connectivity index (χ3v) is 4.32. The Morgan fingerprint density at radius 1 is 0.857 bits per heavy atom. The van der Waals surface area contributed by atoms with Gasteiger partial charge in [-0.3, -0.25) is 0 Å². The van der Waals surface area contributed by atoms with E-state index in [0.29, 0.717) is 6.79 Å². The normalized spacial score (nSPS) is 14.9. The molecule has 0 unspecified atom stereocenters. The zero-order valence-electron chi connectivity index (χ0n) is 11.4. The lowest BCUT2D eigenvalue weighted by Crippen LogP contribution is -2.06. The number of para-hydroxylation sites is 1. The minimum atomic E-state index is 0.316. The van der Waals surface area contributed by atoms with Crippen molar-refractivity contribution >= 4 is 10.9 Å². The van der Waals surface area contributed by atoms with Crippen LogP contribution in [0.15, 0.2) is 42.5 Å². The van der Waals surface area contributed by atoms with Crippen molar-refractivity contribution in [2.45, 2.75) is 12.8 Å². The summed E-state index contributed by atoms with van der Waals surface area (Å²) in [6.07, 6.45) is 2.05. The van der Waals surface area contributed by atoms with Crippen molar-refractivity contribution in [3.63, 3.8) is 0 Å². The minimum Gasteiger partial charge on any atom is -0.454 e. The molecule has 1 aliphatic heterocycles. The molecule has 2 aliphatic rings. The fraction of sp³-hybridized carbons (Fsp3) is 0.167. The summed E-state index contributed by atoms with van der Waals surface area (Å²) >= 11 is 0. The van der Waals surface area contributed by atoms with Crippen LogP contribution < -0.4 is 9.47 Å². The summed E-state index contributed by atoms with van der Waals surface area (Å²) in [6, 6.07) is 14.7. The van der Waals surface area contributed by atoms with E-state index in [-0.39, 0.29) is 0 Å². The molecule has 0 saturated heterocycles. The largest absolute Gasteiger partial charge is 0.454 e. The molecule has 0 amide bonds. The van der Waals surface area contributed by atoms with E-state index in [9.17, 15) is 0 Å². The first-order valence-corrected chi connectivity index (χ1v) is 7.20. The number of pyridine rings is 1. The van der Waals surface area contributed by atoms with Gasteiger partial charge in [-0.2, -0.15) is 0 Å². The second kappa shape index (κ2) is 3.98. The summed E-state index contributed by atoms with van der Waals surface area (Å²) in [6.45, 7) is 0.316. The number of hydrogen-bond donors (Lipinski definition) is 0. The molecule has 102 valence electrons. The van der Waals surface area contributed by atoms with Gasteiger partial charge in [-0.1, -0.05) is 18.2 Å². The Balaban J connectivity index is 1.80. The smallest absolute Gasteiger partial charge is 0.231 e. The number of aryl methyl sites for hydroxylation is 2. The average molecular weight is 275 g/mol. The molecule has 2 heterocycles. The first-order valence-electron chi connectivity index (χ1n) is 7.20. The van der Waals surface area contributed by atoms with Crippen LogP contribution in [0.2, 0.25) is 0 Å². The third-order valence-electron chi connectivity index (χ3n) is 4.32. The molecule has 1 aromatic heterocycles. The molecule has 3 aromatic rings. The van der Waals surface area contributed by atoms with Crippen molar-refractivity contribution in [1.82, 2.24) is 4.98 Å². The van der Waals surface area contributed by atoms with E-state index in [2.05, 4.69) is 36.4 Å². The Labute approximate surface area is 122 Å². The standard InChI is InChI=1S/C18H13NO2/c1-2-4-15-12(3-1)7-13-6-5-11-8-16-17(21-10-20-16)9-14(11)18(13)19-15/h1-4,7-9H,5-6,10H2. The maximum atomic E-state index is 5.52. The molecule has 5 rings (SSSR count). The molecule has 0 atom stereocenters. The van der Waals surface area contributed by atoms with E-state index in [0.717, 1.165) is 35.6 Å². The molecule has 3 heteroatoms. The molecule has 1 aliphatic carbocycles. The van der Waals surface area contributed by atoms with E-state index in [1.165, 1.54) is 22.1 Å². The van der Waals surface area contributed by atoms with Crippen molar-refractivity contribution in [3.8, 4) is 22.8 Å². The van der Waals surface area contributed by atoms with Crippen molar-refractivity contribution in [2.75, 3.05) is 6.79 Å². The van der Waals surface area contributed by atoms with Gasteiger partial charge in [0.15, 0.2) is 11.5 Å². The Morgan fingerprint density at radius 3 is 2.62 bits per heavy atom. The van der Waals surface area contributed by atoms with Crippen LogP contribution in [0.25, 0.3) is 22.2 Å². The molecular formula is C18H13NO2. The molecule has 0 fully saturated rings. The zero-order valence-corrected chi connectivity index (χ0v) is 11.4. The van der Waals surface area contributed by atoms with Crippen LogP contribution in [-0.2, 0) is 12.8 Å². The predicted octanol–water partition coefficient (Wildman–Crippen LogP) is 3.73. The zero-order chi connectivity index (χ0) is 13.8. The number of nitrogens with zero attached hydrogens (tertiary/aromatic N) is 1. The summed E-state index contributed by atoms with van der Waals surface area (Å²) in [7, 11) is 0. The Morgan fingerprint density at radius 2 is 1.67 bits per heavy atom. The number of ether oxygens (including phenoxy) is 2. The van der Waals surface area contributed by atoms with Gasteiger partial charge in [0.2, 0.25) is 6.79 Å². The highest BCUT2D eigenvalue weighted by Crippen LogP contribution is 2.42. The maximum absolute atomic E-state index is 5.52. The van der Waals surface area contributed by atoms with Gasteiger partial charge in [0.05, 0.1) is 11.2 Å². The second-order valence-electron chi connectivity index (χ2n) is 5.55. The van der Waals surface area contributed by atoms with E-state index < -0.39 is 0 Å². The van der Waals surface area contributed by atoms with E-state index >= 15 is 0 Å². The van der Waals surface area contributed by atoms with Gasteiger partial charge in [-0.25, -0.2) is 4.98 Å². The first kappa shape index (κ1) is 11.1. The van der Waals surface area contributed by atoms with Gasteiger partial charge < -0.3 is 9.47 Å². The van der Waals surface area contributed by atoms with Crippen molar-refractivity contribution in [2.24, 2.45) is 0 Å². The summed E-state index contributed by atoms with van der Waals surface area (Å²) in [5, 5.41) is 1.21. The van der Waals surface area contributed by atoms with E-state index in [1.807, 2.05) is 6.07 Å². The lowest BCUT2D eigenvalue weighted by molar-refractivity contribution is 0.174. The van der Waals surface area contributed by atoms with Crippen LogP contribution in [0.4, 0.5) is 0 Å². The average Bonchev–Trinajstić information content (AvgIpc) is 2.98. The number of benzene rings is 2. The second-order valence-corrected chi connectivity index (χ2v) is 5.55. The number of rotatable bonds is 0. The van der Waals surface area contributed by atoms with Crippen LogP contribution in [0.5, 0.6) is 11.5 Å². The Kier molecular flexibility index (Phi) is 2.11. The highest BCUT2D eigenvalue weighted by molar-refractivity contribution is 5.85.